The third-order valence-corrected chi connectivity index (χ3v) is 4.14. The van der Waals surface area contributed by atoms with Gasteiger partial charge in [-0.1, -0.05) is 6.58 Å². The molecule has 0 spiro atoms. The van der Waals surface area contributed by atoms with Gasteiger partial charge in [0.2, 0.25) is 5.76 Å². The first kappa shape index (κ1) is 19.1. The first-order chi connectivity index (χ1) is 13.1. The number of rotatable bonds is 8. The molecular formula is C18H15FIN3O4. The first-order valence-corrected chi connectivity index (χ1v) is 8.91. The summed E-state index contributed by atoms with van der Waals surface area (Å²) in [6.07, 6.45) is 4.34. The summed E-state index contributed by atoms with van der Waals surface area (Å²) in [6, 6.07) is 6.32. The van der Waals surface area contributed by atoms with Crippen molar-refractivity contribution >= 4 is 50.8 Å². The molecule has 0 saturated heterocycles. The molecular weight excluding hydrogens is 468 g/mol. The number of hydrogen-bond donors (Lipinski definition) is 2. The van der Waals surface area contributed by atoms with Crippen LogP contribution in [0.4, 0.5) is 15.8 Å². The second-order valence-corrected chi connectivity index (χ2v) is 6.49. The molecule has 1 amide bonds. The topological polar surface area (TPSA) is 85.6 Å². The summed E-state index contributed by atoms with van der Waals surface area (Å²) in [5.41, 5.74) is 3.19. The van der Waals surface area contributed by atoms with Crippen molar-refractivity contribution in [2.75, 3.05) is 18.5 Å². The van der Waals surface area contributed by atoms with E-state index in [1.807, 2.05) is 22.6 Å². The highest BCUT2D eigenvalue weighted by Gasteiger charge is 2.22. The van der Waals surface area contributed by atoms with Gasteiger partial charge in [-0.2, -0.15) is 0 Å². The molecule has 3 aromatic rings. The average Bonchev–Trinajstić information content (AvgIpc) is 3.02. The Kier molecular flexibility index (Phi) is 6.24. The number of carbonyl (C=O) groups excluding carboxylic acids is 1. The van der Waals surface area contributed by atoms with Gasteiger partial charge in [-0.15, -0.1) is 0 Å². The molecule has 0 fully saturated rings. The largest absolute Gasteiger partial charge is 0.499 e. The zero-order valence-corrected chi connectivity index (χ0v) is 16.2. The third-order valence-electron chi connectivity index (χ3n) is 3.47. The predicted molar refractivity (Wildman–Crippen MR) is 106 cm³/mol. The van der Waals surface area contributed by atoms with Gasteiger partial charge >= 0.3 is 5.91 Å². The highest BCUT2D eigenvalue weighted by atomic mass is 127. The van der Waals surface area contributed by atoms with E-state index >= 15 is 0 Å². The number of fused-ring (bicyclic) bond motifs is 1. The van der Waals surface area contributed by atoms with Gasteiger partial charge in [0.1, 0.15) is 30.3 Å². The second-order valence-electron chi connectivity index (χ2n) is 5.24. The number of halogens is 2. The Labute approximate surface area is 167 Å². The van der Waals surface area contributed by atoms with E-state index in [1.165, 1.54) is 24.7 Å². The van der Waals surface area contributed by atoms with Gasteiger partial charge in [-0.05, 0) is 46.9 Å². The normalized spacial score (nSPS) is 10.6. The molecule has 0 aliphatic carbocycles. The van der Waals surface area contributed by atoms with Crippen LogP contribution >= 0.6 is 22.6 Å². The maximum atomic E-state index is 14.2. The van der Waals surface area contributed by atoms with Crippen LogP contribution in [0.15, 0.2) is 53.9 Å². The summed E-state index contributed by atoms with van der Waals surface area (Å²) in [5.74, 6) is -1.14. The number of hydrogen-bond acceptors (Lipinski definition) is 6. The van der Waals surface area contributed by atoms with E-state index in [4.69, 9.17) is 14.0 Å². The maximum absolute atomic E-state index is 14.2. The fourth-order valence-electron chi connectivity index (χ4n) is 2.29. The van der Waals surface area contributed by atoms with Crippen molar-refractivity contribution < 1.29 is 23.2 Å². The van der Waals surface area contributed by atoms with Crippen LogP contribution in [-0.2, 0) is 9.57 Å². The van der Waals surface area contributed by atoms with Crippen LogP contribution in [-0.4, -0.2) is 24.1 Å². The van der Waals surface area contributed by atoms with Crippen LogP contribution in [0.25, 0.3) is 11.0 Å². The van der Waals surface area contributed by atoms with Gasteiger partial charge in [-0.25, -0.2) is 9.87 Å². The molecule has 1 aromatic carbocycles. The minimum atomic E-state index is -0.627. The van der Waals surface area contributed by atoms with E-state index in [9.17, 15) is 9.18 Å². The predicted octanol–water partition coefficient (Wildman–Crippen LogP) is 4.14. The number of anilines is 2. The molecule has 27 heavy (non-hydrogen) atoms. The SMILES string of the molecule is C=COCCONC(=O)c1oc2ccncc2c1Nc1ccc(I)cc1F. The van der Waals surface area contributed by atoms with Gasteiger partial charge < -0.3 is 14.5 Å². The molecule has 2 N–H and O–H groups in total. The van der Waals surface area contributed by atoms with Crippen molar-refractivity contribution in [2.24, 2.45) is 0 Å². The molecule has 0 aliphatic heterocycles. The number of nitrogens with zero attached hydrogens (tertiary/aromatic N) is 1. The molecule has 0 aliphatic rings. The van der Waals surface area contributed by atoms with E-state index in [0.29, 0.717) is 16.7 Å². The number of pyridine rings is 1. The van der Waals surface area contributed by atoms with Crippen LogP contribution in [0.1, 0.15) is 10.6 Å². The Morgan fingerprint density at radius 3 is 3.00 bits per heavy atom. The van der Waals surface area contributed by atoms with E-state index in [0.717, 1.165) is 3.57 Å². The third kappa shape index (κ3) is 4.55. The smallest absolute Gasteiger partial charge is 0.312 e. The van der Waals surface area contributed by atoms with Crippen LogP contribution in [0.3, 0.4) is 0 Å². The van der Waals surface area contributed by atoms with Crippen LogP contribution in [0.5, 0.6) is 0 Å². The van der Waals surface area contributed by atoms with Gasteiger partial charge in [0.25, 0.3) is 0 Å². The minimum absolute atomic E-state index is 0.0550. The zero-order valence-electron chi connectivity index (χ0n) is 14.0. The number of ether oxygens (including phenoxy) is 1. The molecule has 0 bridgehead atoms. The summed E-state index contributed by atoms with van der Waals surface area (Å²) < 4.78 is 25.5. The Morgan fingerprint density at radius 1 is 1.37 bits per heavy atom. The first-order valence-electron chi connectivity index (χ1n) is 7.83. The summed E-state index contributed by atoms with van der Waals surface area (Å²) in [6.45, 7) is 3.75. The fraction of sp³-hybridized carbons (Fsp3) is 0.111. The standard InChI is InChI=1S/C18H15FIN3O4/c1-2-25-7-8-26-23-18(24)17-16(12-10-21-6-5-15(12)27-17)22-14-4-3-11(20)9-13(14)19/h2-6,9-10,22H,1,7-8H2,(H,23,24). The van der Waals surface area contributed by atoms with Crippen molar-refractivity contribution in [1.82, 2.24) is 10.5 Å². The Morgan fingerprint density at radius 2 is 2.22 bits per heavy atom. The average molecular weight is 483 g/mol. The molecule has 0 radical (unpaired) electrons. The molecule has 0 atom stereocenters. The van der Waals surface area contributed by atoms with E-state index in [1.54, 1.807) is 18.2 Å². The molecule has 2 aromatic heterocycles. The van der Waals surface area contributed by atoms with Crippen LogP contribution in [0, 0.1) is 9.39 Å². The lowest BCUT2D eigenvalue weighted by Crippen LogP contribution is -2.25. The van der Waals surface area contributed by atoms with Gasteiger partial charge in [0.05, 0.1) is 17.3 Å². The number of furan rings is 1. The number of nitrogens with one attached hydrogen (secondary N) is 2. The lowest BCUT2D eigenvalue weighted by molar-refractivity contribution is 0.0129. The number of hydroxylamine groups is 1. The summed E-state index contributed by atoms with van der Waals surface area (Å²) in [7, 11) is 0. The molecule has 3 rings (SSSR count). The molecule has 140 valence electrons. The number of benzene rings is 1. The van der Waals surface area contributed by atoms with Gasteiger partial charge in [0.15, 0.2) is 0 Å². The van der Waals surface area contributed by atoms with Crippen molar-refractivity contribution in [3.05, 3.63) is 64.6 Å². The Hall–Kier alpha value is -2.66. The lowest BCUT2D eigenvalue weighted by Gasteiger charge is -2.09. The monoisotopic (exact) mass is 483 g/mol. The second kappa shape index (κ2) is 8.82. The Balaban J connectivity index is 1.87. The summed E-state index contributed by atoms with van der Waals surface area (Å²) in [5, 5.41) is 3.45. The van der Waals surface area contributed by atoms with Gasteiger partial charge in [0, 0.05) is 16.0 Å². The van der Waals surface area contributed by atoms with Crippen LogP contribution < -0.4 is 10.8 Å². The highest BCUT2D eigenvalue weighted by molar-refractivity contribution is 14.1. The molecule has 9 heteroatoms. The van der Waals surface area contributed by atoms with Crippen molar-refractivity contribution in [3.8, 4) is 0 Å². The molecule has 2 heterocycles. The molecule has 0 saturated carbocycles. The molecule has 0 unspecified atom stereocenters. The summed E-state index contributed by atoms with van der Waals surface area (Å²) >= 11 is 2.01. The Bertz CT molecular complexity index is 976. The van der Waals surface area contributed by atoms with E-state index in [2.05, 4.69) is 22.4 Å². The lowest BCUT2D eigenvalue weighted by atomic mass is 10.2. The maximum Gasteiger partial charge on any atom is 0.312 e. The van der Waals surface area contributed by atoms with Crippen molar-refractivity contribution in [1.29, 1.82) is 0 Å². The molecule has 7 nitrogen and oxygen atoms in total. The van der Waals surface area contributed by atoms with Crippen molar-refractivity contribution in [2.45, 2.75) is 0 Å². The minimum Gasteiger partial charge on any atom is -0.499 e. The number of amides is 1. The summed E-state index contributed by atoms with van der Waals surface area (Å²) in [4.78, 5) is 21.5. The van der Waals surface area contributed by atoms with E-state index < -0.39 is 11.7 Å². The number of aromatic nitrogens is 1. The van der Waals surface area contributed by atoms with Crippen molar-refractivity contribution in [3.63, 3.8) is 0 Å². The fourth-order valence-corrected chi connectivity index (χ4v) is 2.74. The van der Waals surface area contributed by atoms with E-state index in [-0.39, 0.29) is 24.7 Å². The zero-order chi connectivity index (χ0) is 19.2. The van der Waals surface area contributed by atoms with Crippen LogP contribution in [0.2, 0.25) is 0 Å². The van der Waals surface area contributed by atoms with Gasteiger partial charge in [-0.3, -0.25) is 14.6 Å². The quantitative estimate of drug-likeness (QED) is 0.217. The highest BCUT2D eigenvalue weighted by Crippen LogP contribution is 2.33. The number of carbonyl (C=O) groups is 1.